The molecule has 0 spiro atoms. The van der Waals surface area contributed by atoms with E-state index in [1.54, 1.807) is 0 Å². The lowest BCUT2D eigenvalue weighted by Crippen LogP contribution is -2.43. The topological polar surface area (TPSA) is 23.5 Å². The van der Waals surface area contributed by atoms with Gasteiger partial charge in [-0.1, -0.05) is 31.4 Å². The molecule has 94 valence electrons. The Balaban J connectivity index is 2.21. The van der Waals surface area contributed by atoms with Gasteiger partial charge in [-0.15, -0.1) is 0 Å². The van der Waals surface area contributed by atoms with Crippen LogP contribution in [0.15, 0.2) is 24.3 Å². The fourth-order valence-corrected chi connectivity index (χ4v) is 2.88. The quantitative estimate of drug-likeness (QED) is 0.808. The summed E-state index contributed by atoms with van der Waals surface area (Å²) >= 11 is 0. The van der Waals surface area contributed by atoms with Crippen molar-refractivity contribution in [2.75, 3.05) is 4.90 Å². The molecule has 1 unspecified atom stereocenters. The molecule has 0 amide bonds. The molecule has 0 bridgehead atoms. The normalized spacial score (nSPS) is 19.0. The Morgan fingerprint density at radius 3 is 2.53 bits per heavy atom. The average Bonchev–Trinajstić information content (AvgIpc) is 2.30. The minimum atomic E-state index is -0.403. The van der Waals surface area contributed by atoms with E-state index in [1.165, 1.54) is 37.7 Å². The third kappa shape index (κ3) is 3.01. The monoisotopic (exact) mass is 233 g/mol. The van der Waals surface area contributed by atoms with E-state index in [9.17, 15) is 5.11 Å². The third-order valence-electron chi connectivity index (χ3n) is 3.67. The van der Waals surface area contributed by atoms with Crippen LogP contribution >= 0.6 is 0 Å². The third-order valence-corrected chi connectivity index (χ3v) is 3.67. The molecule has 0 radical (unpaired) electrons. The predicted molar refractivity (Wildman–Crippen MR) is 72.2 cm³/mol. The van der Waals surface area contributed by atoms with Crippen LogP contribution in [0.4, 0.5) is 5.69 Å². The molecule has 0 aromatic heterocycles. The average molecular weight is 233 g/mol. The Morgan fingerprint density at radius 2 is 1.94 bits per heavy atom. The minimum absolute atomic E-state index is 0.403. The zero-order chi connectivity index (χ0) is 12.3. The van der Waals surface area contributed by atoms with E-state index in [-0.39, 0.29) is 0 Å². The van der Waals surface area contributed by atoms with Gasteiger partial charge in [0.25, 0.3) is 0 Å². The molecule has 1 aromatic rings. The van der Waals surface area contributed by atoms with Crippen LogP contribution in [-0.2, 0) is 0 Å². The van der Waals surface area contributed by atoms with Crippen molar-refractivity contribution >= 4 is 5.69 Å². The maximum absolute atomic E-state index is 10.0. The Morgan fingerprint density at radius 1 is 1.24 bits per heavy atom. The van der Waals surface area contributed by atoms with Gasteiger partial charge in [-0.2, -0.15) is 0 Å². The summed E-state index contributed by atoms with van der Waals surface area (Å²) in [6, 6.07) is 8.95. The lowest BCUT2D eigenvalue weighted by Gasteiger charge is -2.38. The highest BCUT2D eigenvalue weighted by Crippen LogP contribution is 2.29. The Bertz CT molecular complexity index is 356. The van der Waals surface area contributed by atoms with Crippen LogP contribution < -0.4 is 4.90 Å². The number of nitrogens with zero attached hydrogens (tertiary/aromatic N) is 1. The molecule has 1 aliphatic carbocycles. The minimum Gasteiger partial charge on any atom is -0.374 e. The van der Waals surface area contributed by atoms with E-state index in [1.807, 2.05) is 6.92 Å². The van der Waals surface area contributed by atoms with E-state index in [0.29, 0.717) is 6.04 Å². The van der Waals surface area contributed by atoms with Crippen molar-refractivity contribution in [2.24, 2.45) is 0 Å². The van der Waals surface area contributed by atoms with Gasteiger partial charge in [-0.05, 0) is 44.4 Å². The molecule has 0 saturated heterocycles. The van der Waals surface area contributed by atoms with Crippen LogP contribution in [0.3, 0.4) is 0 Å². The predicted octanol–water partition coefficient (Wildman–Crippen LogP) is 3.47. The molecular weight excluding hydrogens is 210 g/mol. The second kappa shape index (κ2) is 5.54. The molecule has 2 rings (SSSR count). The Hall–Kier alpha value is -1.02. The lowest BCUT2D eigenvalue weighted by atomic mass is 9.93. The highest BCUT2D eigenvalue weighted by atomic mass is 16.3. The number of benzene rings is 1. The summed E-state index contributed by atoms with van der Waals surface area (Å²) in [4.78, 5) is 2.19. The maximum atomic E-state index is 10.0. The summed E-state index contributed by atoms with van der Waals surface area (Å²) in [5.74, 6) is 0. The Labute approximate surface area is 104 Å². The molecule has 17 heavy (non-hydrogen) atoms. The zero-order valence-electron chi connectivity index (χ0n) is 10.9. The van der Waals surface area contributed by atoms with Crippen LogP contribution in [-0.4, -0.2) is 17.4 Å². The summed E-state index contributed by atoms with van der Waals surface area (Å²) in [6.07, 6.45) is 5.94. The molecule has 1 saturated carbocycles. The number of rotatable bonds is 3. The van der Waals surface area contributed by atoms with Gasteiger partial charge >= 0.3 is 0 Å². The van der Waals surface area contributed by atoms with Crippen molar-refractivity contribution in [2.45, 2.75) is 58.2 Å². The van der Waals surface area contributed by atoms with Crippen LogP contribution in [0.1, 0.15) is 44.6 Å². The molecule has 2 nitrogen and oxygen atoms in total. The molecule has 1 N–H and O–H groups in total. The van der Waals surface area contributed by atoms with Gasteiger partial charge in [0.15, 0.2) is 0 Å². The van der Waals surface area contributed by atoms with E-state index >= 15 is 0 Å². The number of anilines is 1. The van der Waals surface area contributed by atoms with Gasteiger partial charge in [0.2, 0.25) is 0 Å². The SMILES string of the molecule is Cc1cccc(N(C(C)O)C2CCCCC2)c1. The van der Waals surface area contributed by atoms with Gasteiger partial charge in [-0.25, -0.2) is 0 Å². The maximum Gasteiger partial charge on any atom is 0.124 e. The van der Waals surface area contributed by atoms with E-state index in [4.69, 9.17) is 0 Å². The summed E-state index contributed by atoms with van der Waals surface area (Å²) in [5, 5.41) is 10.0. The van der Waals surface area contributed by atoms with Crippen LogP contribution in [0.2, 0.25) is 0 Å². The van der Waals surface area contributed by atoms with Crippen LogP contribution in [0.25, 0.3) is 0 Å². The van der Waals surface area contributed by atoms with Crippen molar-refractivity contribution in [3.8, 4) is 0 Å². The smallest absolute Gasteiger partial charge is 0.124 e. The standard InChI is InChI=1S/C15H23NO/c1-12-7-6-10-15(11-12)16(13(2)17)14-8-4-3-5-9-14/h6-7,10-11,13-14,17H,3-5,8-9H2,1-2H3. The van der Waals surface area contributed by atoms with E-state index in [2.05, 4.69) is 36.1 Å². The number of aliphatic hydroxyl groups excluding tert-OH is 1. The highest BCUT2D eigenvalue weighted by Gasteiger charge is 2.24. The van der Waals surface area contributed by atoms with Gasteiger partial charge in [0.1, 0.15) is 6.23 Å². The number of hydrogen-bond donors (Lipinski definition) is 1. The molecular formula is C15H23NO. The molecule has 1 aromatic carbocycles. The van der Waals surface area contributed by atoms with Crippen molar-refractivity contribution in [3.05, 3.63) is 29.8 Å². The number of aryl methyl sites for hydroxylation is 1. The van der Waals surface area contributed by atoms with Crippen molar-refractivity contribution < 1.29 is 5.11 Å². The lowest BCUT2D eigenvalue weighted by molar-refractivity contribution is 0.168. The van der Waals surface area contributed by atoms with E-state index in [0.717, 1.165) is 5.69 Å². The molecule has 2 heteroatoms. The fourth-order valence-electron chi connectivity index (χ4n) is 2.88. The highest BCUT2D eigenvalue weighted by molar-refractivity contribution is 5.49. The fraction of sp³-hybridized carbons (Fsp3) is 0.600. The largest absolute Gasteiger partial charge is 0.374 e. The van der Waals surface area contributed by atoms with Crippen LogP contribution in [0, 0.1) is 6.92 Å². The first kappa shape index (κ1) is 12.4. The second-order valence-corrected chi connectivity index (χ2v) is 5.17. The first-order valence-electron chi connectivity index (χ1n) is 6.71. The summed E-state index contributed by atoms with van der Waals surface area (Å²) < 4.78 is 0. The summed E-state index contributed by atoms with van der Waals surface area (Å²) in [5.41, 5.74) is 2.41. The number of aliphatic hydroxyl groups is 1. The molecule has 0 heterocycles. The molecule has 1 aliphatic rings. The summed E-state index contributed by atoms with van der Waals surface area (Å²) in [7, 11) is 0. The molecule has 1 fully saturated rings. The molecule has 0 aliphatic heterocycles. The van der Waals surface area contributed by atoms with Gasteiger partial charge in [0.05, 0.1) is 0 Å². The summed E-state index contributed by atoms with van der Waals surface area (Å²) in [6.45, 7) is 3.97. The Kier molecular flexibility index (Phi) is 4.06. The van der Waals surface area contributed by atoms with Crippen molar-refractivity contribution in [1.82, 2.24) is 0 Å². The number of hydrogen-bond acceptors (Lipinski definition) is 2. The first-order chi connectivity index (χ1) is 8.18. The van der Waals surface area contributed by atoms with Crippen molar-refractivity contribution in [1.29, 1.82) is 0 Å². The van der Waals surface area contributed by atoms with Crippen molar-refractivity contribution in [3.63, 3.8) is 0 Å². The van der Waals surface area contributed by atoms with Crippen LogP contribution in [0.5, 0.6) is 0 Å². The van der Waals surface area contributed by atoms with Gasteiger partial charge < -0.3 is 10.0 Å². The van der Waals surface area contributed by atoms with Gasteiger partial charge in [0, 0.05) is 11.7 Å². The zero-order valence-corrected chi connectivity index (χ0v) is 10.9. The second-order valence-electron chi connectivity index (χ2n) is 5.17. The molecule has 1 atom stereocenters. The van der Waals surface area contributed by atoms with Gasteiger partial charge in [-0.3, -0.25) is 0 Å². The van der Waals surface area contributed by atoms with E-state index < -0.39 is 6.23 Å². The first-order valence-corrected chi connectivity index (χ1v) is 6.71.